The summed E-state index contributed by atoms with van der Waals surface area (Å²) in [5.41, 5.74) is 1.18. The molecule has 0 radical (unpaired) electrons. The lowest BCUT2D eigenvalue weighted by molar-refractivity contribution is -0.138. The van der Waals surface area contributed by atoms with Gasteiger partial charge in [-0.05, 0) is 35.4 Å². The molecular formula is C23H18O5. The Morgan fingerprint density at radius 3 is 2.21 bits per heavy atom. The van der Waals surface area contributed by atoms with Gasteiger partial charge in [0.1, 0.15) is 23.7 Å². The number of rotatable bonds is 7. The molecular weight excluding hydrogens is 356 g/mol. The first-order valence-electron chi connectivity index (χ1n) is 8.61. The highest BCUT2D eigenvalue weighted by Crippen LogP contribution is 2.28. The van der Waals surface area contributed by atoms with Crippen LogP contribution in [-0.2, 0) is 16.1 Å². The van der Waals surface area contributed by atoms with Crippen molar-refractivity contribution in [3.63, 3.8) is 0 Å². The fourth-order valence-corrected chi connectivity index (χ4v) is 2.55. The maximum Gasteiger partial charge on any atom is 0.340 e. The van der Waals surface area contributed by atoms with Gasteiger partial charge in [0.2, 0.25) is 0 Å². The molecule has 0 spiro atoms. The van der Waals surface area contributed by atoms with E-state index in [4.69, 9.17) is 9.47 Å². The van der Waals surface area contributed by atoms with E-state index >= 15 is 0 Å². The zero-order valence-electron chi connectivity index (χ0n) is 14.9. The minimum atomic E-state index is -1.15. The van der Waals surface area contributed by atoms with Crippen molar-refractivity contribution < 1.29 is 24.2 Å². The summed E-state index contributed by atoms with van der Waals surface area (Å²) in [6.45, 7) is 0.146. The summed E-state index contributed by atoms with van der Waals surface area (Å²) < 4.78 is 10.9. The number of carboxylic acids is 1. The number of esters is 1. The largest absolute Gasteiger partial charge is 0.478 e. The number of aromatic carboxylic acids is 1. The summed E-state index contributed by atoms with van der Waals surface area (Å²) in [5.74, 6) is -0.995. The summed E-state index contributed by atoms with van der Waals surface area (Å²) in [5, 5.41) is 9.61. The van der Waals surface area contributed by atoms with E-state index in [1.54, 1.807) is 42.5 Å². The Hall–Kier alpha value is -3.86. The van der Waals surface area contributed by atoms with E-state index in [2.05, 4.69) is 0 Å². The quantitative estimate of drug-likeness (QED) is 0.469. The van der Waals surface area contributed by atoms with Gasteiger partial charge in [-0.3, -0.25) is 0 Å². The molecule has 3 rings (SSSR count). The minimum absolute atomic E-state index is 0.0292. The smallest absolute Gasteiger partial charge is 0.340 e. The van der Waals surface area contributed by atoms with Crippen LogP contribution in [0.3, 0.4) is 0 Å². The average Bonchev–Trinajstić information content (AvgIpc) is 2.72. The first kappa shape index (κ1) is 18.9. The zero-order chi connectivity index (χ0) is 19.8. The summed E-state index contributed by atoms with van der Waals surface area (Å²) in [4.78, 5) is 23.7. The van der Waals surface area contributed by atoms with Crippen LogP contribution in [0, 0.1) is 0 Å². The van der Waals surface area contributed by atoms with Gasteiger partial charge in [0, 0.05) is 6.08 Å². The van der Waals surface area contributed by atoms with Gasteiger partial charge >= 0.3 is 11.9 Å². The highest BCUT2D eigenvalue weighted by molar-refractivity contribution is 5.97. The molecule has 0 saturated carbocycles. The van der Waals surface area contributed by atoms with Gasteiger partial charge in [-0.1, -0.05) is 60.7 Å². The van der Waals surface area contributed by atoms with E-state index in [0.29, 0.717) is 11.3 Å². The average molecular weight is 374 g/mol. The first-order valence-corrected chi connectivity index (χ1v) is 8.61. The standard InChI is InChI=1S/C23H18O5/c24-21(27-16-17-8-3-1-4-9-17)15-14-18-10-7-13-20(22(18)23(25)26)28-19-11-5-2-6-12-19/h1-15H,16H2,(H,25,26)/b15-14+. The Morgan fingerprint density at radius 2 is 1.54 bits per heavy atom. The maximum absolute atomic E-state index is 12.0. The summed E-state index contributed by atoms with van der Waals surface area (Å²) in [6.07, 6.45) is 2.62. The zero-order valence-corrected chi connectivity index (χ0v) is 14.9. The molecule has 3 aromatic rings. The molecule has 5 heteroatoms. The van der Waals surface area contributed by atoms with Crippen molar-refractivity contribution in [1.29, 1.82) is 0 Å². The van der Waals surface area contributed by atoms with E-state index in [-0.39, 0.29) is 17.9 Å². The monoisotopic (exact) mass is 374 g/mol. The summed E-state index contributed by atoms with van der Waals surface area (Å²) >= 11 is 0. The van der Waals surface area contributed by atoms with E-state index in [1.165, 1.54) is 12.2 Å². The van der Waals surface area contributed by atoms with Crippen molar-refractivity contribution in [1.82, 2.24) is 0 Å². The lowest BCUT2D eigenvalue weighted by Crippen LogP contribution is -2.04. The molecule has 0 aliphatic rings. The van der Waals surface area contributed by atoms with Crippen molar-refractivity contribution in [3.05, 3.63) is 102 Å². The third kappa shape index (κ3) is 5.08. The summed E-state index contributed by atoms with van der Waals surface area (Å²) in [7, 11) is 0. The van der Waals surface area contributed by atoms with Crippen molar-refractivity contribution in [2.75, 3.05) is 0 Å². The van der Waals surface area contributed by atoms with E-state index in [9.17, 15) is 14.7 Å². The fourth-order valence-electron chi connectivity index (χ4n) is 2.55. The Morgan fingerprint density at radius 1 is 0.857 bits per heavy atom. The number of benzene rings is 3. The molecule has 1 N–H and O–H groups in total. The van der Waals surface area contributed by atoms with Crippen LogP contribution in [0.15, 0.2) is 84.9 Å². The van der Waals surface area contributed by atoms with E-state index < -0.39 is 11.9 Å². The lowest BCUT2D eigenvalue weighted by atomic mass is 10.1. The molecule has 140 valence electrons. The Kier molecular flexibility index (Phi) is 6.21. The Balaban J connectivity index is 1.75. The molecule has 28 heavy (non-hydrogen) atoms. The second-order valence-electron chi connectivity index (χ2n) is 5.87. The van der Waals surface area contributed by atoms with Crippen LogP contribution >= 0.6 is 0 Å². The molecule has 5 nitrogen and oxygen atoms in total. The predicted molar refractivity (Wildman–Crippen MR) is 105 cm³/mol. The van der Waals surface area contributed by atoms with Crippen molar-refractivity contribution in [3.8, 4) is 11.5 Å². The summed E-state index contributed by atoms with van der Waals surface area (Å²) in [6, 6.07) is 23.0. The van der Waals surface area contributed by atoms with Gasteiger partial charge < -0.3 is 14.6 Å². The number of para-hydroxylation sites is 1. The number of ether oxygens (including phenoxy) is 2. The maximum atomic E-state index is 12.0. The second-order valence-corrected chi connectivity index (χ2v) is 5.87. The van der Waals surface area contributed by atoms with Crippen LogP contribution in [0.1, 0.15) is 21.5 Å². The third-order valence-electron chi connectivity index (χ3n) is 3.87. The number of carbonyl (C=O) groups excluding carboxylic acids is 1. The number of carbonyl (C=O) groups is 2. The molecule has 3 aromatic carbocycles. The molecule has 0 heterocycles. The van der Waals surface area contributed by atoms with E-state index in [0.717, 1.165) is 5.56 Å². The first-order chi connectivity index (χ1) is 13.6. The van der Waals surface area contributed by atoms with Crippen LogP contribution in [0.5, 0.6) is 11.5 Å². The van der Waals surface area contributed by atoms with Gasteiger partial charge in [0.15, 0.2) is 0 Å². The predicted octanol–water partition coefficient (Wildman–Crippen LogP) is 4.93. The van der Waals surface area contributed by atoms with Crippen molar-refractivity contribution in [2.45, 2.75) is 6.61 Å². The minimum Gasteiger partial charge on any atom is -0.478 e. The van der Waals surface area contributed by atoms with Crippen molar-refractivity contribution in [2.24, 2.45) is 0 Å². The van der Waals surface area contributed by atoms with Crippen LogP contribution in [0.25, 0.3) is 6.08 Å². The molecule has 0 saturated heterocycles. The molecule has 0 fully saturated rings. The van der Waals surface area contributed by atoms with Crippen LogP contribution < -0.4 is 4.74 Å². The topological polar surface area (TPSA) is 72.8 Å². The molecule has 0 aliphatic heterocycles. The van der Waals surface area contributed by atoms with Gasteiger partial charge in [-0.2, -0.15) is 0 Å². The Labute approximate surface area is 162 Å². The van der Waals surface area contributed by atoms with Crippen LogP contribution in [0.2, 0.25) is 0 Å². The number of hydrogen-bond acceptors (Lipinski definition) is 4. The van der Waals surface area contributed by atoms with Gasteiger partial charge in [-0.25, -0.2) is 9.59 Å². The molecule has 0 aliphatic carbocycles. The lowest BCUT2D eigenvalue weighted by Gasteiger charge is -2.10. The highest BCUT2D eigenvalue weighted by atomic mass is 16.5. The second kappa shape index (κ2) is 9.19. The SMILES string of the molecule is O=C(/C=C/c1cccc(Oc2ccccc2)c1C(=O)O)OCc1ccccc1. The molecule has 0 amide bonds. The van der Waals surface area contributed by atoms with Gasteiger partial charge in [0.05, 0.1) is 0 Å². The van der Waals surface area contributed by atoms with E-state index in [1.807, 2.05) is 36.4 Å². The Bertz CT molecular complexity index is 978. The van der Waals surface area contributed by atoms with Crippen LogP contribution in [0.4, 0.5) is 0 Å². The third-order valence-corrected chi connectivity index (χ3v) is 3.87. The van der Waals surface area contributed by atoms with Gasteiger partial charge in [0.25, 0.3) is 0 Å². The number of carboxylic acid groups (broad SMARTS) is 1. The highest BCUT2D eigenvalue weighted by Gasteiger charge is 2.16. The molecule has 0 unspecified atom stereocenters. The molecule has 0 atom stereocenters. The van der Waals surface area contributed by atoms with Crippen LogP contribution in [-0.4, -0.2) is 17.0 Å². The molecule has 0 aromatic heterocycles. The van der Waals surface area contributed by atoms with Crippen molar-refractivity contribution >= 4 is 18.0 Å². The normalized spacial score (nSPS) is 10.6. The van der Waals surface area contributed by atoms with Gasteiger partial charge in [-0.15, -0.1) is 0 Å². The number of hydrogen-bond donors (Lipinski definition) is 1. The molecule has 0 bridgehead atoms. The fraction of sp³-hybridized carbons (Fsp3) is 0.0435.